The van der Waals surface area contributed by atoms with Gasteiger partial charge < -0.3 is 5.32 Å². The van der Waals surface area contributed by atoms with E-state index in [2.05, 4.69) is 51.6 Å². The third kappa shape index (κ3) is 3.49. The molecule has 1 N–H and O–H groups in total. The summed E-state index contributed by atoms with van der Waals surface area (Å²) in [6, 6.07) is 9.57. The van der Waals surface area contributed by atoms with Gasteiger partial charge in [0.25, 0.3) is 0 Å². The largest absolute Gasteiger partial charge is 0.314 e. The number of hydrogen-bond acceptors (Lipinski definition) is 1. The molecule has 0 saturated heterocycles. The first-order valence-electron chi connectivity index (χ1n) is 7.48. The van der Waals surface area contributed by atoms with Crippen molar-refractivity contribution in [3.05, 3.63) is 46.0 Å². The average molecular weight is 320 g/mol. The molecular formula is C17H22BrN. The summed E-state index contributed by atoms with van der Waals surface area (Å²) in [6.45, 7) is 1.17. The molecule has 0 unspecified atom stereocenters. The van der Waals surface area contributed by atoms with Crippen molar-refractivity contribution in [1.82, 2.24) is 5.32 Å². The molecule has 0 bridgehead atoms. The zero-order chi connectivity index (χ0) is 13.1. The molecule has 0 aromatic heterocycles. The van der Waals surface area contributed by atoms with Crippen LogP contribution in [0.1, 0.15) is 50.0 Å². The van der Waals surface area contributed by atoms with Gasteiger partial charge in [0.15, 0.2) is 0 Å². The van der Waals surface area contributed by atoms with Gasteiger partial charge in [-0.15, -0.1) is 0 Å². The lowest BCUT2D eigenvalue weighted by Gasteiger charge is -2.36. The number of allylic oxidation sites excluding steroid dienone is 1. The normalized spacial score (nSPS) is 26.1. The summed E-state index contributed by atoms with van der Waals surface area (Å²) >= 11 is 3.50. The van der Waals surface area contributed by atoms with Gasteiger partial charge in [0.05, 0.1) is 0 Å². The van der Waals surface area contributed by atoms with E-state index >= 15 is 0 Å². The first kappa shape index (κ1) is 13.4. The highest BCUT2D eigenvalue weighted by Gasteiger charge is 2.29. The molecule has 2 heteroatoms. The molecule has 2 aliphatic carbocycles. The first-order chi connectivity index (χ1) is 9.31. The minimum absolute atomic E-state index is 0.746. The smallest absolute Gasteiger partial charge is 0.0175 e. The van der Waals surface area contributed by atoms with E-state index in [1.165, 1.54) is 55.1 Å². The van der Waals surface area contributed by atoms with Gasteiger partial charge in [-0.2, -0.15) is 0 Å². The molecule has 1 saturated carbocycles. The van der Waals surface area contributed by atoms with Crippen LogP contribution in [0, 0.1) is 0 Å². The van der Waals surface area contributed by atoms with E-state index < -0.39 is 0 Å². The van der Waals surface area contributed by atoms with E-state index in [1.807, 2.05) is 0 Å². The maximum absolute atomic E-state index is 3.71. The Morgan fingerprint density at radius 1 is 1.16 bits per heavy atom. The van der Waals surface area contributed by atoms with Crippen LogP contribution in [-0.2, 0) is 0 Å². The standard InChI is InChI=1S/C17H22BrN/c18-16-7-5-14(6-8-16)15-11-17(12-15)19-10-9-13-3-1-2-4-13/h3,5-8,15,17,19H,1-2,4,9-12H2. The molecule has 19 heavy (non-hydrogen) atoms. The topological polar surface area (TPSA) is 12.0 Å². The van der Waals surface area contributed by atoms with Gasteiger partial charge in [-0.05, 0) is 68.7 Å². The van der Waals surface area contributed by atoms with Crippen LogP contribution in [-0.4, -0.2) is 12.6 Å². The van der Waals surface area contributed by atoms with E-state index in [9.17, 15) is 0 Å². The van der Waals surface area contributed by atoms with Gasteiger partial charge in [0, 0.05) is 10.5 Å². The highest BCUT2D eigenvalue weighted by Crippen LogP contribution is 2.37. The number of rotatable bonds is 5. The Morgan fingerprint density at radius 3 is 2.63 bits per heavy atom. The third-order valence-electron chi connectivity index (χ3n) is 4.49. The van der Waals surface area contributed by atoms with Gasteiger partial charge in [-0.25, -0.2) is 0 Å². The van der Waals surface area contributed by atoms with Gasteiger partial charge in [0.1, 0.15) is 0 Å². The fourth-order valence-electron chi connectivity index (χ4n) is 3.19. The van der Waals surface area contributed by atoms with E-state index in [0.29, 0.717) is 0 Å². The highest BCUT2D eigenvalue weighted by molar-refractivity contribution is 9.10. The van der Waals surface area contributed by atoms with Crippen molar-refractivity contribution in [2.45, 2.75) is 50.5 Å². The molecule has 3 rings (SSSR count). The summed E-state index contributed by atoms with van der Waals surface area (Å²) in [7, 11) is 0. The van der Waals surface area contributed by atoms with Crippen LogP contribution in [0.25, 0.3) is 0 Å². The summed E-state index contributed by atoms with van der Waals surface area (Å²) in [5.41, 5.74) is 3.18. The lowest BCUT2D eigenvalue weighted by atomic mass is 9.76. The molecule has 0 heterocycles. The Labute approximate surface area is 124 Å². The van der Waals surface area contributed by atoms with Gasteiger partial charge in [-0.3, -0.25) is 0 Å². The third-order valence-corrected chi connectivity index (χ3v) is 5.02. The van der Waals surface area contributed by atoms with E-state index in [-0.39, 0.29) is 0 Å². The molecule has 0 aliphatic heterocycles. The first-order valence-corrected chi connectivity index (χ1v) is 8.27. The predicted octanol–water partition coefficient (Wildman–Crippen LogP) is 4.79. The quantitative estimate of drug-likeness (QED) is 0.770. The SMILES string of the molecule is Brc1ccc(C2CC(NCCC3=CCCC3)C2)cc1. The molecule has 102 valence electrons. The Balaban J connectivity index is 1.37. The lowest BCUT2D eigenvalue weighted by molar-refractivity contribution is 0.292. The minimum Gasteiger partial charge on any atom is -0.314 e. The van der Waals surface area contributed by atoms with E-state index in [1.54, 1.807) is 5.57 Å². The molecule has 1 aromatic carbocycles. The maximum Gasteiger partial charge on any atom is 0.0175 e. The Bertz CT molecular complexity index is 443. The van der Waals surface area contributed by atoms with Crippen molar-refractivity contribution in [3.63, 3.8) is 0 Å². The molecule has 0 radical (unpaired) electrons. The Morgan fingerprint density at radius 2 is 1.95 bits per heavy atom. The van der Waals surface area contributed by atoms with Crippen molar-refractivity contribution in [2.24, 2.45) is 0 Å². The second-order valence-corrected chi connectivity index (χ2v) is 6.79. The number of hydrogen-bond donors (Lipinski definition) is 1. The van der Waals surface area contributed by atoms with Crippen molar-refractivity contribution in [2.75, 3.05) is 6.54 Å². The average Bonchev–Trinajstić information content (AvgIpc) is 2.87. The molecule has 2 aliphatic rings. The van der Waals surface area contributed by atoms with Crippen molar-refractivity contribution < 1.29 is 0 Å². The number of nitrogens with one attached hydrogen (secondary N) is 1. The van der Waals surface area contributed by atoms with Crippen LogP contribution in [0.2, 0.25) is 0 Å². The molecule has 1 fully saturated rings. The van der Waals surface area contributed by atoms with Crippen LogP contribution < -0.4 is 5.32 Å². The highest BCUT2D eigenvalue weighted by atomic mass is 79.9. The van der Waals surface area contributed by atoms with Crippen molar-refractivity contribution >= 4 is 15.9 Å². The molecule has 1 nitrogen and oxygen atoms in total. The van der Waals surface area contributed by atoms with Crippen LogP contribution >= 0.6 is 15.9 Å². The minimum atomic E-state index is 0.746. The van der Waals surface area contributed by atoms with Crippen molar-refractivity contribution in [3.8, 4) is 0 Å². The van der Waals surface area contributed by atoms with Crippen LogP contribution in [0.15, 0.2) is 40.4 Å². The second-order valence-electron chi connectivity index (χ2n) is 5.88. The maximum atomic E-state index is 3.71. The molecule has 0 atom stereocenters. The van der Waals surface area contributed by atoms with Crippen LogP contribution in [0.4, 0.5) is 0 Å². The molecule has 1 aromatic rings. The van der Waals surface area contributed by atoms with E-state index in [4.69, 9.17) is 0 Å². The summed E-state index contributed by atoms with van der Waals surface area (Å²) in [6.07, 6.45) is 10.3. The summed E-state index contributed by atoms with van der Waals surface area (Å²) in [5.74, 6) is 0.774. The van der Waals surface area contributed by atoms with E-state index in [0.717, 1.165) is 12.0 Å². The zero-order valence-electron chi connectivity index (χ0n) is 11.4. The summed E-state index contributed by atoms with van der Waals surface area (Å²) < 4.78 is 1.18. The fourth-order valence-corrected chi connectivity index (χ4v) is 3.46. The van der Waals surface area contributed by atoms with Crippen LogP contribution in [0.3, 0.4) is 0 Å². The van der Waals surface area contributed by atoms with Gasteiger partial charge in [-0.1, -0.05) is 39.7 Å². The summed E-state index contributed by atoms with van der Waals surface area (Å²) in [5, 5.41) is 3.71. The van der Waals surface area contributed by atoms with Gasteiger partial charge in [0.2, 0.25) is 0 Å². The second kappa shape index (κ2) is 6.23. The number of benzene rings is 1. The molecule has 0 spiro atoms. The summed E-state index contributed by atoms with van der Waals surface area (Å²) in [4.78, 5) is 0. The lowest BCUT2D eigenvalue weighted by Crippen LogP contribution is -2.40. The fraction of sp³-hybridized carbons (Fsp3) is 0.529. The monoisotopic (exact) mass is 319 g/mol. The molecular weight excluding hydrogens is 298 g/mol. The zero-order valence-corrected chi connectivity index (χ0v) is 13.0. The van der Waals surface area contributed by atoms with Gasteiger partial charge >= 0.3 is 0 Å². The van der Waals surface area contributed by atoms with Crippen LogP contribution in [0.5, 0.6) is 0 Å². The molecule has 0 amide bonds. The Hall–Kier alpha value is -0.600. The number of halogens is 1. The predicted molar refractivity (Wildman–Crippen MR) is 84.5 cm³/mol. The van der Waals surface area contributed by atoms with Crippen molar-refractivity contribution in [1.29, 1.82) is 0 Å². The Kier molecular flexibility index (Phi) is 4.39.